The molecule has 0 unspecified atom stereocenters. The number of aromatic nitrogens is 2. The summed E-state index contributed by atoms with van der Waals surface area (Å²) in [5.74, 6) is 1.07. The third-order valence-corrected chi connectivity index (χ3v) is 1.77. The van der Waals surface area contributed by atoms with Crippen LogP contribution in [0.5, 0.6) is 0 Å². The summed E-state index contributed by atoms with van der Waals surface area (Å²) in [6, 6.07) is 0. The van der Waals surface area contributed by atoms with E-state index in [0.717, 1.165) is 12.8 Å². The normalized spacial score (nSPS) is 10.1. The van der Waals surface area contributed by atoms with Gasteiger partial charge in [-0.3, -0.25) is 4.79 Å². The van der Waals surface area contributed by atoms with Crippen molar-refractivity contribution < 1.29 is 9.32 Å². The molecule has 1 aromatic rings. The lowest BCUT2D eigenvalue weighted by atomic mass is 10.2. The van der Waals surface area contributed by atoms with Crippen LogP contribution in [-0.4, -0.2) is 16.0 Å². The highest BCUT2D eigenvalue weighted by atomic mass is 16.5. The fourth-order valence-corrected chi connectivity index (χ4v) is 1.02. The van der Waals surface area contributed by atoms with E-state index < -0.39 is 0 Å². The molecule has 0 aliphatic heterocycles. The van der Waals surface area contributed by atoms with E-state index in [0.29, 0.717) is 24.7 Å². The number of unbranched alkanes of at least 4 members (excludes halogenated alkanes) is 1. The molecule has 0 saturated heterocycles. The molecule has 1 aromatic heterocycles. The summed E-state index contributed by atoms with van der Waals surface area (Å²) in [5, 5.41) is 6.39. The molecule has 1 amide bonds. The molecule has 0 fully saturated rings. The highest BCUT2D eigenvalue weighted by Gasteiger charge is 2.04. The Balaban J connectivity index is 2.23. The maximum atomic E-state index is 11.2. The van der Waals surface area contributed by atoms with Crippen LogP contribution in [0.1, 0.15) is 37.9 Å². The van der Waals surface area contributed by atoms with Crippen molar-refractivity contribution in [3.05, 3.63) is 11.7 Å². The number of carbonyl (C=O) groups excluding carboxylic acids is 1. The number of nitrogens with one attached hydrogen (secondary N) is 1. The zero-order valence-electron chi connectivity index (χ0n) is 8.54. The van der Waals surface area contributed by atoms with Crippen LogP contribution in [0, 0.1) is 6.92 Å². The molecule has 0 spiro atoms. The van der Waals surface area contributed by atoms with Crippen molar-refractivity contribution in [1.82, 2.24) is 15.5 Å². The fraction of sp³-hybridized carbons (Fsp3) is 0.667. The molecule has 78 valence electrons. The molecule has 0 atom stereocenters. The largest absolute Gasteiger partial charge is 0.349 e. The number of aryl methyl sites for hydroxylation is 1. The molecule has 0 aliphatic carbocycles. The molecule has 1 rings (SSSR count). The molecule has 0 bridgehead atoms. The minimum absolute atomic E-state index is 0.0364. The van der Waals surface area contributed by atoms with Crippen molar-refractivity contribution >= 4 is 5.91 Å². The Hall–Kier alpha value is -1.39. The Labute approximate surface area is 82.9 Å². The van der Waals surface area contributed by atoms with Gasteiger partial charge in [-0.25, -0.2) is 0 Å². The average Bonchev–Trinajstić information content (AvgIpc) is 2.58. The molecule has 0 radical (unpaired) electrons. The first-order valence-corrected chi connectivity index (χ1v) is 4.78. The van der Waals surface area contributed by atoms with Gasteiger partial charge in [0.15, 0.2) is 5.82 Å². The molecular weight excluding hydrogens is 182 g/mol. The first-order chi connectivity index (χ1) is 6.72. The summed E-state index contributed by atoms with van der Waals surface area (Å²) in [6.45, 7) is 4.12. The maximum absolute atomic E-state index is 11.2. The molecule has 1 N–H and O–H groups in total. The Morgan fingerprint density at radius 2 is 2.36 bits per heavy atom. The van der Waals surface area contributed by atoms with Crippen LogP contribution < -0.4 is 5.32 Å². The van der Waals surface area contributed by atoms with E-state index in [1.54, 1.807) is 6.92 Å². The summed E-state index contributed by atoms with van der Waals surface area (Å²) in [7, 11) is 0. The molecular formula is C9H15N3O2. The summed E-state index contributed by atoms with van der Waals surface area (Å²) in [4.78, 5) is 15.2. The Kier molecular flexibility index (Phi) is 4.10. The topological polar surface area (TPSA) is 68.0 Å². The van der Waals surface area contributed by atoms with E-state index in [1.807, 2.05) is 0 Å². The van der Waals surface area contributed by atoms with Crippen molar-refractivity contribution in [3.8, 4) is 0 Å². The van der Waals surface area contributed by atoms with Crippen LogP contribution in [-0.2, 0) is 11.3 Å². The zero-order valence-corrected chi connectivity index (χ0v) is 8.54. The van der Waals surface area contributed by atoms with Crippen LogP contribution in [0.25, 0.3) is 0 Å². The van der Waals surface area contributed by atoms with Gasteiger partial charge in [-0.15, -0.1) is 0 Å². The lowest BCUT2D eigenvalue weighted by Crippen LogP contribution is -2.22. The van der Waals surface area contributed by atoms with Gasteiger partial charge < -0.3 is 9.84 Å². The second-order valence-electron chi connectivity index (χ2n) is 3.11. The van der Waals surface area contributed by atoms with Gasteiger partial charge in [0.2, 0.25) is 11.8 Å². The fourth-order valence-electron chi connectivity index (χ4n) is 1.02. The van der Waals surface area contributed by atoms with Gasteiger partial charge >= 0.3 is 0 Å². The third kappa shape index (κ3) is 3.55. The summed E-state index contributed by atoms with van der Waals surface area (Å²) in [6.07, 6.45) is 2.50. The van der Waals surface area contributed by atoms with E-state index in [9.17, 15) is 4.79 Å². The minimum Gasteiger partial charge on any atom is -0.349 e. The number of carbonyl (C=O) groups is 1. The van der Waals surface area contributed by atoms with Gasteiger partial charge in [0.05, 0.1) is 6.54 Å². The van der Waals surface area contributed by atoms with E-state index in [-0.39, 0.29) is 5.91 Å². The van der Waals surface area contributed by atoms with Gasteiger partial charge in [0, 0.05) is 13.3 Å². The number of amides is 1. The lowest BCUT2D eigenvalue weighted by molar-refractivity contribution is -0.121. The highest BCUT2D eigenvalue weighted by molar-refractivity contribution is 5.75. The van der Waals surface area contributed by atoms with E-state index in [2.05, 4.69) is 22.4 Å². The number of hydrogen-bond acceptors (Lipinski definition) is 4. The van der Waals surface area contributed by atoms with E-state index in [4.69, 9.17) is 4.52 Å². The quantitative estimate of drug-likeness (QED) is 0.769. The summed E-state index contributed by atoms with van der Waals surface area (Å²) in [5.41, 5.74) is 0. The van der Waals surface area contributed by atoms with Gasteiger partial charge in [-0.1, -0.05) is 18.5 Å². The summed E-state index contributed by atoms with van der Waals surface area (Å²) >= 11 is 0. The van der Waals surface area contributed by atoms with Crippen molar-refractivity contribution in [3.63, 3.8) is 0 Å². The van der Waals surface area contributed by atoms with Crippen LogP contribution in [0.15, 0.2) is 4.52 Å². The third-order valence-electron chi connectivity index (χ3n) is 1.77. The van der Waals surface area contributed by atoms with Gasteiger partial charge in [-0.2, -0.15) is 4.98 Å². The molecule has 0 aliphatic rings. The molecule has 0 saturated carbocycles. The second kappa shape index (κ2) is 5.36. The molecule has 5 nitrogen and oxygen atoms in total. The van der Waals surface area contributed by atoms with Crippen LogP contribution in [0.3, 0.4) is 0 Å². The first-order valence-electron chi connectivity index (χ1n) is 4.78. The number of hydrogen-bond donors (Lipinski definition) is 1. The van der Waals surface area contributed by atoms with E-state index in [1.165, 1.54) is 0 Å². The van der Waals surface area contributed by atoms with Crippen LogP contribution in [0.4, 0.5) is 0 Å². The van der Waals surface area contributed by atoms with Crippen LogP contribution >= 0.6 is 0 Å². The van der Waals surface area contributed by atoms with Crippen molar-refractivity contribution in [2.75, 3.05) is 0 Å². The average molecular weight is 197 g/mol. The Morgan fingerprint density at radius 3 is 2.93 bits per heavy atom. The van der Waals surface area contributed by atoms with E-state index >= 15 is 0 Å². The number of nitrogens with zero attached hydrogens (tertiary/aromatic N) is 2. The lowest BCUT2D eigenvalue weighted by Gasteiger charge is -2.00. The van der Waals surface area contributed by atoms with Crippen molar-refractivity contribution in [2.45, 2.75) is 39.7 Å². The molecule has 0 aromatic carbocycles. The first kappa shape index (κ1) is 10.7. The predicted octanol–water partition coefficient (Wildman–Crippen LogP) is 1.18. The zero-order chi connectivity index (χ0) is 10.4. The maximum Gasteiger partial charge on any atom is 0.223 e. The highest BCUT2D eigenvalue weighted by Crippen LogP contribution is 1.96. The monoisotopic (exact) mass is 197 g/mol. The standard InChI is InChI=1S/C9H15N3O2/c1-3-4-5-9(13)10-6-8-11-7(2)14-12-8/h3-6H2,1-2H3,(H,10,13). The van der Waals surface area contributed by atoms with Gasteiger partial charge in [-0.05, 0) is 6.42 Å². The summed E-state index contributed by atoms with van der Waals surface area (Å²) < 4.78 is 4.77. The van der Waals surface area contributed by atoms with Gasteiger partial charge in [0.1, 0.15) is 0 Å². The van der Waals surface area contributed by atoms with Crippen molar-refractivity contribution in [1.29, 1.82) is 0 Å². The smallest absolute Gasteiger partial charge is 0.223 e. The predicted molar refractivity (Wildman–Crippen MR) is 50.4 cm³/mol. The second-order valence-corrected chi connectivity index (χ2v) is 3.11. The Morgan fingerprint density at radius 1 is 1.57 bits per heavy atom. The minimum atomic E-state index is 0.0364. The van der Waals surface area contributed by atoms with Gasteiger partial charge in [0.25, 0.3) is 0 Å². The molecule has 14 heavy (non-hydrogen) atoms. The Bertz CT molecular complexity index is 296. The molecule has 5 heteroatoms. The number of rotatable bonds is 5. The molecule has 1 heterocycles. The SMILES string of the molecule is CCCCC(=O)NCc1noc(C)n1. The van der Waals surface area contributed by atoms with Crippen molar-refractivity contribution in [2.24, 2.45) is 0 Å². The van der Waals surface area contributed by atoms with Crippen LogP contribution in [0.2, 0.25) is 0 Å².